The standard InChI is InChI=1S/C25H36N2O2.2ClH/c1-28-24-15-13-22(19-25(24)29-2)12-14-23-20-27(18-16-26-23)17-8-4-7-11-21-9-5-3-6-10-21;;/h3,5-6,9-10,13,15,19,23,26H,4,7-8,11-12,14,16-18,20H2,1-2H3;2*1H. The van der Waals surface area contributed by atoms with E-state index in [1.165, 1.54) is 49.9 Å². The number of nitrogens with one attached hydrogen (secondary N) is 1. The number of hydrogen-bond acceptors (Lipinski definition) is 4. The molecule has 31 heavy (non-hydrogen) atoms. The first-order valence-electron chi connectivity index (χ1n) is 11.0. The van der Waals surface area contributed by atoms with E-state index in [-0.39, 0.29) is 24.8 Å². The molecule has 4 nitrogen and oxygen atoms in total. The molecule has 1 N–H and O–H groups in total. The molecule has 6 heteroatoms. The first-order valence-corrected chi connectivity index (χ1v) is 11.0. The van der Waals surface area contributed by atoms with Crippen molar-refractivity contribution in [2.75, 3.05) is 40.4 Å². The Morgan fingerprint density at radius 3 is 2.39 bits per heavy atom. The molecule has 0 aromatic heterocycles. The highest BCUT2D eigenvalue weighted by Gasteiger charge is 2.18. The van der Waals surface area contributed by atoms with E-state index in [1.54, 1.807) is 14.2 Å². The van der Waals surface area contributed by atoms with Crippen molar-refractivity contribution in [2.24, 2.45) is 0 Å². The van der Waals surface area contributed by atoms with Crippen LogP contribution in [0.3, 0.4) is 0 Å². The van der Waals surface area contributed by atoms with E-state index >= 15 is 0 Å². The van der Waals surface area contributed by atoms with E-state index in [4.69, 9.17) is 9.47 Å². The number of ether oxygens (including phenoxy) is 2. The molecular weight excluding hydrogens is 431 g/mol. The first-order chi connectivity index (χ1) is 14.3. The molecule has 1 fully saturated rings. The number of unbranched alkanes of at least 4 members (excludes halogenated alkanes) is 2. The lowest BCUT2D eigenvalue weighted by molar-refractivity contribution is 0.191. The fraction of sp³-hybridized carbons (Fsp3) is 0.520. The number of piperazine rings is 1. The molecule has 2 aromatic rings. The highest BCUT2D eigenvalue weighted by molar-refractivity contribution is 5.85. The molecule has 2 aromatic carbocycles. The Bertz CT molecular complexity index is 731. The minimum Gasteiger partial charge on any atom is -0.493 e. The fourth-order valence-corrected chi connectivity index (χ4v) is 4.15. The van der Waals surface area contributed by atoms with Crippen molar-refractivity contribution in [3.63, 3.8) is 0 Å². The van der Waals surface area contributed by atoms with E-state index in [9.17, 15) is 0 Å². The van der Waals surface area contributed by atoms with Gasteiger partial charge in [-0.25, -0.2) is 0 Å². The molecule has 0 spiro atoms. The number of rotatable bonds is 11. The lowest BCUT2D eigenvalue weighted by Gasteiger charge is -2.34. The van der Waals surface area contributed by atoms with Gasteiger partial charge in [0, 0.05) is 25.7 Å². The maximum atomic E-state index is 5.43. The molecule has 0 aliphatic carbocycles. The van der Waals surface area contributed by atoms with Crippen LogP contribution < -0.4 is 14.8 Å². The zero-order valence-corrected chi connectivity index (χ0v) is 20.5. The lowest BCUT2D eigenvalue weighted by Crippen LogP contribution is -2.50. The zero-order chi connectivity index (χ0) is 20.3. The molecule has 1 unspecified atom stereocenters. The third-order valence-corrected chi connectivity index (χ3v) is 5.85. The van der Waals surface area contributed by atoms with Crippen molar-refractivity contribution in [3.05, 3.63) is 59.7 Å². The summed E-state index contributed by atoms with van der Waals surface area (Å²) in [5.74, 6) is 1.62. The summed E-state index contributed by atoms with van der Waals surface area (Å²) < 4.78 is 10.8. The summed E-state index contributed by atoms with van der Waals surface area (Å²) in [7, 11) is 3.38. The minimum atomic E-state index is 0. The number of aryl methyl sites for hydroxylation is 2. The zero-order valence-electron chi connectivity index (χ0n) is 18.8. The fourth-order valence-electron chi connectivity index (χ4n) is 4.15. The largest absolute Gasteiger partial charge is 0.493 e. The van der Waals surface area contributed by atoms with E-state index in [1.807, 2.05) is 6.07 Å². The predicted molar refractivity (Wildman–Crippen MR) is 135 cm³/mol. The molecular formula is C25H38Cl2N2O2. The van der Waals surface area contributed by atoms with Crippen molar-refractivity contribution in [1.82, 2.24) is 10.2 Å². The van der Waals surface area contributed by atoms with E-state index in [2.05, 4.69) is 52.7 Å². The van der Waals surface area contributed by atoms with Crippen LogP contribution in [0.2, 0.25) is 0 Å². The Kier molecular flexibility index (Phi) is 13.7. The number of nitrogens with zero attached hydrogens (tertiary/aromatic N) is 1. The third-order valence-electron chi connectivity index (χ3n) is 5.85. The molecule has 1 aliphatic rings. The normalized spacial score (nSPS) is 16.1. The van der Waals surface area contributed by atoms with Crippen molar-refractivity contribution >= 4 is 24.8 Å². The van der Waals surface area contributed by atoms with Gasteiger partial charge in [0.1, 0.15) is 0 Å². The molecule has 3 rings (SSSR count). The molecule has 0 radical (unpaired) electrons. The Hall–Kier alpha value is -1.46. The lowest BCUT2D eigenvalue weighted by atomic mass is 10.0. The molecule has 174 valence electrons. The Morgan fingerprint density at radius 2 is 1.65 bits per heavy atom. The third kappa shape index (κ3) is 9.28. The van der Waals surface area contributed by atoms with E-state index in [0.717, 1.165) is 37.4 Å². The second-order valence-electron chi connectivity index (χ2n) is 7.98. The second-order valence-corrected chi connectivity index (χ2v) is 7.98. The highest BCUT2D eigenvalue weighted by atomic mass is 35.5. The monoisotopic (exact) mass is 468 g/mol. The van der Waals surface area contributed by atoms with E-state index in [0.29, 0.717) is 6.04 Å². The number of benzene rings is 2. The molecule has 1 saturated heterocycles. The molecule has 1 heterocycles. The number of methoxy groups -OCH3 is 2. The van der Waals surface area contributed by atoms with Gasteiger partial charge in [0.05, 0.1) is 14.2 Å². The van der Waals surface area contributed by atoms with Gasteiger partial charge >= 0.3 is 0 Å². The molecule has 1 aliphatic heterocycles. The van der Waals surface area contributed by atoms with Crippen LogP contribution in [-0.2, 0) is 12.8 Å². The molecule has 0 amide bonds. The molecule has 0 saturated carbocycles. The Labute approximate surface area is 200 Å². The average Bonchev–Trinajstić information content (AvgIpc) is 2.78. The predicted octanol–water partition coefficient (Wildman–Crippen LogP) is 5.17. The summed E-state index contributed by atoms with van der Waals surface area (Å²) in [5, 5.41) is 3.70. The molecule has 0 bridgehead atoms. The van der Waals surface area contributed by atoms with Crippen LogP contribution in [-0.4, -0.2) is 51.3 Å². The van der Waals surface area contributed by atoms with Gasteiger partial charge in [-0.3, -0.25) is 0 Å². The van der Waals surface area contributed by atoms with Gasteiger partial charge in [-0.1, -0.05) is 42.8 Å². The number of hydrogen-bond donors (Lipinski definition) is 1. The summed E-state index contributed by atoms with van der Waals surface area (Å²) in [5.41, 5.74) is 2.77. The topological polar surface area (TPSA) is 33.7 Å². The van der Waals surface area contributed by atoms with Gasteiger partial charge < -0.3 is 19.7 Å². The first kappa shape index (κ1) is 27.6. The number of halogens is 2. The van der Waals surface area contributed by atoms with Crippen LogP contribution in [0, 0.1) is 0 Å². The summed E-state index contributed by atoms with van der Waals surface area (Å²) in [4.78, 5) is 2.64. The van der Waals surface area contributed by atoms with Gasteiger partial charge in [-0.15, -0.1) is 24.8 Å². The van der Waals surface area contributed by atoms with Crippen molar-refractivity contribution in [3.8, 4) is 11.5 Å². The summed E-state index contributed by atoms with van der Waals surface area (Å²) in [6, 6.07) is 17.7. The van der Waals surface area contributed by atoms with Crippen molar-refractivity contribution < 1.29 is 9.47 Å². The van der Waals surface area contributed by atoms with Crippen LogP contribution in [0.4, 0.5) is 0 Å². The van der Waals surface area contributed by atoms with Gasteiger partial charge in [-0.05, 0) is 61.9 Å². The minimum absolute atomic E-state index is 0. The van der Waals surface area contributed by atoms with Crippen molar-refractivity contribution in [2.45, 2.75) is 44.6 Å². The quantitative estimate of drug-likeness (QED) is 0.461. The van der Waals surface area contributed by atoms with Crippen LogP contribution >= 0.6 is 24.8 Å². The average molecular weight is 469 g/mol. The summed E-state index contributed by atoms with van der Waals surface area (Å²) in [6.07, 6.45) is 7.32. The molecule has 1 atom stereocenters. The van der Waals surface area contributed by atoms with Crippen LogP contribution in [0.25, 0.3) is 0 Å². The second kappa shape index (κ2) is 15.4. The van der Waals surface area contributed by atoms with Gasteiger partial charge in [-0.2, -0.15) is 0 Å². The maximum absolute atomic E-state index is 5.43. The van der Waals surface area contributed by atoms with Crippen molar-refractivity contribution in [1.29, 1.82) is 0 Å². The van der Waals surface area contributed by atoms with Crippen LogP contribution in [0.15, 0.2) is 48.5 Å². The maximum Gasteiger partial charge on any atom is 0.160 e. The summed E-state index contributed by atoms with van der Waals surface area (Å²) >= 11 is 0. The Balaban J connectivity index is 0.00000240. The van der Waals surface area contributed by atoms with Gasteiger partial charge in [0.25, 0.3) is 0 Å². The van der Waals surface area contributed by atoms with Crippen LogP contribution in [0.5, 0.6) is 11.5 Å². The SMILES string of the molecule is COc1ccc(CCC2CN(CCCCCc3ccccc3)CCN2)cc1OC.Cl.Cl. The van der Waals surface area contributed by atoms with Crippen LogP contribution in [0.1, 0.15) is 36.8 Å². The smallest absolute Gasteiger partial charge is 0.160 e. The summed E-state index contributed by atoms with van der Waals surface area (Å²) in [6.45, 7) is 4.65. The highest BCUT2D eigenvalue weighted by Crippen LogP contribution is 2.28. The van der Waals surface area contributed by atoms with Gasteiger partial charge in [0.15, 0.2) is 11.5 Å². The Morgan fingerprint density at radius 1 is 0.871 bits per heavy atom. The van der Waals surface area contributed by atoms with E-state index < -0.39 is 0 Å². The van der Waals surface area contributed by atoms with Gasteiger partial charge in [0.2, 0.25) is 0 Å².